The summed E-state index contributed by atoms with van der Waals surface area (Å²) in [6.07, 6.45) is 0. The summed E-state index contributed by atoms with van der Waals surface area (Å²) in [5.74, 6) is -0.0607. The lowest BCUT2D eigenvalue weighted by Crippen LogP contribution is -2.17. The normalized spacial score (nSPS) is 11.5. The Morgan fingerprint density at radius 3 is 2.57 bits per heavy atom. The van der Waals surface area contributed by atoms with E-state index in [1.54, 1.807) is 18.2 Å². The third kappa shape index (κ3) is 3.30. The molecule has 0 spiro atoms. The Bertz CT molecular complexity index is 689. The Hall–Kier alpha value is -1.33. The molecule has 0 aliphatic carbocycles. The Kier molecular flexibility index (Phi) is 4.44. The average molecular weight is 373 g/mol. The molecular weight excluding hydrogens is 358 g/mol. The zero-order valence-electron chi connectivity index (χ0n) is 12.2. The number of nitrogens with zero attached hydrogens (tertiary/aromatic N) is 1. The molecule has 0 saturated heterocycles. The van der Waals surface area contributed by atoms with Crippen LogP contribution in [0.1, 0.15) is 37.0 Å². The number of carbonyl (C=O) groups is 1. The first-order valence-corrected chi connectivity index (χ1v) is 7.46. The van der Waals surface area contributed by atoms with Gasteiger partial charge >= 0.3 is 5.97 Å². The summed E-state index contributed by atoms with van der Waals surface area (Å²) in [4.78, 5) is 16.3. The molecule has 21 heavy (non-hydrogen) atoms. The lowest BCUT2D eigenvalue weighted by Gasteiger charge is -2.15. The van der Waals surface area contributed by atoms with Gasteiger partial charge in [-0.1, -0.05) is 32.4 Å². The first kappa shape index (κ1) is 16.0. The van der Waals surface area contributed by atoms with E-state index >= 15 is 0 Å². The monoisotopic (exact) mass is 371 g/mol. The molecule has 112 valence electrons. The Labute approximate surface area is 136 Å². The second-order valence-electron chi connectivity index (χ2n) is 5.56. The van der Waals surface area contributed by atoms with Gasteiger partial charge in [-0.3, -0.25) is 0 Å². The fraction of sp³-hybridized carbons (Fsp3) is 0.333. The first-order chi connectivity index (χ1) is 9.74. The highest BCUT2D eigenvalue weighted by atomic mass is 79.9. The van der Waals surface area contributed by atoms with Crippen molar-refractivity contribution in [2.75, 3.05) is 7.11 Å². The van der Waals surface area contributed by atoms with Crippen molar-refractivity contribution in [2.45, 2.75) is 26.2 Å². The number of ether oxygens (including phenoxy) is 1. The van der Waals surface area contributed by atoms with Gasteiger partial charge in [-0.25, -0.2) is 9.78 Å². The Morgan fingerprint density at radius 2 is 2.05 bits per heavy atom. The van der Waals surface area contributed by atoms with E-state index in [2.05, 4.69) is 20.9 Å². The fourth-order valence-electron chi connectivity index (χ4n) is 1.84. The number of oxazole rings is 1. The van der Waals surface area contributed by atoms with Crippen LogP contribution >= 0.6 is 27.5 Å². The summed E-state index contributed by atoms with van der Waals surface area (Å²) in [7, 11) is 1.31. The van der Waals surface area contributed by atoms with Crippen LogP contribution in [0, 0.1) is 0 Å². The molecule has 0 atom stereocenters. The van der Waals surface area contributed by atoms with Crippen LogP contribution in [0.5, 0.6) is 0 Å². The molecule has 1 aromatic heterocycles. The number of carbonyl (C=O) groups excluding carboxylic acids is 1. The van der Waals surface area contributed by atoms with E-state index in [0.717, 1.165) is 10.0 Å². The van der Waals surface area contributed by atoms with Crippen LogP contribution in [-0.4, -0.2) is 18.1 Å². The highest BCUT2D eigenvalue weighted by Gasteiger charge is 2.30. The van der Waals surface area contributed by atoms with Gasteiger partial charge in [0.15, 0.2) is 0 Å². The molecule has 1 heterocycles. The molecule has 4 nitrogen and oxygen atoms in total. The van der Waals surface area contributed by atoms with Gasteiger partial charge in [0.25, 0.3) is 0 Å². The molecule has 0 aliphatic heterocycles. The third-order valence-corrected chi connectivity index (χ3v) is 3.76. The smallest absolute Gasteiger partial charge is 0.376 e. The van der Waals surface area contributed by atoms with Gasteiger partial charge < -0.3 is 9.15 Å². The van der Waals surface area contributed by atoms with Crippen LogP contribution < -0.4 is 0 Å². The van der Waals surface area contributed by atoms with E-state index in [1.807, 2.05) is 20.8 Å². The maximum absolute atomic E-state index is 11.9. The van der Waals surface area contributed by atoms with Gasteiger partial charge in [0.05, 0.1) is 12.7 Å². The van der Waals surface area contributed by atoms with Crippen LogP contribution in [-0.2, 0) is 10.2 Å². The standard InChI is InChI=1S/C15H15BrClNO3/c1-15(2,3)12-11(14(19)20-4)21-13(18-12)9-6-5-8(17)7-10(9)16/h5-7H,1-4H3. The van der Waals surface area contributed by atoms with Crippen molar-refractivity contribution in [3.8, 4) is 11.5 Å². The Balaban J connectivity index is 2.61. The molecule has 0 aliphatic rings. The number of hydrogen-bond donors (Lipinski definition) is 0. The maximum atomic E-state index is 11.9. The van der Waals surface area contributed by atoms with Crippen molar-refractivity contribution >= 4 is 33.5 Å². The minimum Gasteiger partial charge on any atom is -0.463 e. The molecule has 1 aromatic carbocycles. The summed E-state index contributed by atoms with van der Waals surface area (Å²) in [5, 5.41) is 0.599. The third-order valence-electron chi connectivity index (χ3n) is 2.87. The van der Waals surface area contributed by atoms with Gasteiger partial charge in [-0.05, 0) is 34.1 Å². The zero-order valence-corrected chi connectivity index (χ0v) is 14.5. The first-order valence-electron chi connectivity index (χ1n) is 6.29. The number of rotatable bonds is 2. The molecule has 0 fully saturated rings. The van der Waals surface area contributed by atoms with Gasteiger partial charge in [0.1, 0.15) is 5.69 Å². The van der Waals surface area contributed by atoms with Crippen molar-refractivity contribution < 1.29 is 13.9 Å². The molecule has 0 N–H and O–H groups in total. The zero-order chi connectivity index (χ0) is 15.8. The average Bonchev–Trinajstić information content (AvgIpc) is 2.82. The molecule has 0 radical (unpaired) electrons. The highest BCUT2D eigenvalue weighted by Crippen LogP contribution is 2.34. The van der Waals surface area contributed by atoms with Crippen LogP contribution in [0.3, 0.4) is 0 Å². The van der Waals surface area contributed by atoms with Gasteiger partial charge in [0, 0.05) is 14.9 Å². The number of hydrogen-bond acceptors (Lipinski definition) is 4. The minimum atomic E-state index is -0.538. The van der Waals surface area contributed by atoms with Gasteiger partial charge in [-0.15, -0.1) is 0 Å². The topological polar surface area (TPSA) is 52.3 Å². The van der Waals surface area contributed by atoms with E-state index in [0.29, 0.717) is 16.6 Å². The van der Waals surface area contributed by atoms with Crippen molar-refractivity contribution in [3.05, 3.63) is 39.1 Å². The summed E-state index contributed by atoms with van der Waals surface area (Å²) >= 11 is 9.35. The summed E-state index contributed by atoms with van der Waals surface area (Å²) in [5.41, 5.74) is 0.940. The van der Waals surface area contributed by atoms with Crippen LogP contribution in [0.25, 0.3) is 11.5 Å². The molecule has 6 heteroatoms. The van der Waals surface area contributed by atoms with E-state index in [1.165, 1.54) is 7.11 Å². The number of halogens is 2. The second-order valence-corrected chi connectivity index (χ2v) is 6.85. The molecule has 0 saturated carbocycles. The molecule has 2 rings (SSSR count). The lowest BCUT2D eigenvalue weighted by molar-refractivity contribution is 0.0562. The number of esters is 1. The van der Waals surface area contributed by atoms with Gasteiger partial charge in [0.2, 0.25) is 11.7 Å². The van der Waals surface area contributed by atoms with Crippen LogP contribution in [0.15, 0.2) is 27.1 Å². The number of methoxy groups -OCH3 is 1. The fourth-order valence-corrected chi connectivity index (χ4v) is 2.69. The lowest BCUT2D eigenvalue weighted by atomic mass is 9.91. The number of aromatic nitrogens is 1. The summed E-state index contributed by atoms with van der Waals surface area (Å²) in [6, 6.07) is 5.27. The molecule has 0 amide bonds. The van der Waals surface area contributed by atoms with Crippen molar-refractivity contribution in [2.24, 2.45) is 0 Å². The predicted molar refractivity (Wildman–Crippen MR) is 84.7 cm³/mol. The second kappa shape index (κ2) is 5.81. The summed E-state index contributed by atoms with van der Waals surface area (Å²) < 4.78 is 11.2. The maximum Gasteiger partial charge on any atom is 0.376 e. The quantitative estimate of drug-likeness (QED) is 0.708. The van der Waals surface area contributed by atoms with Crippen molar-refractivity contribution in [3.63, 3.8) is 0 Å². The van der Waals surface area contributed by atoms with E-state index < -0.39 is 5.97 Å². The van der Waals surface area contributed by atoms with Crippen molar-refractivity contribution in [1.82, 2.24) is 4.98 Å². The molecular formula is C15H15BrClNO3. The molecule has 2 aromatic rings. The summed E-state index contributed by atoms with van der Waals surface area (Å²) in [6.45, 7) is 5.87. The minimum absolute atomic E-state index is 0.127. The van der Waals surface area contributed by atoms with Crippen LogP contribution in [0.4, 0.5) is 0 Å². The Morgan fingerprint density at radius 1 is 1.38 bits per heavy atom. The van der Waals surface area contributed by atoms with E-state index in [-0.39, 0.29) is 11.2 Å². The largest absolute Gasteiger partial charge is 0.463 e. The van der Waals surface area contributed by atoms with Crippen LogP contribution in [0.2, 0.25) is 5.02 Å². The highest BCUT2D eigenvalue weighted by molar-refractivity contribution is 9.10. The van der Waals surface area contributed by atoms with E-state index in [9.17, 15) is 4.79 Å². The van der Waals surface area contributed by atoms with Gasteiger partial charge in [-0.2, -0.15) is 0 Å². The SMILES string of the molecule is COC(=O)c1oc(-c2ccc(Cl)cc2Br)nc1C(C)(C)C. The van der Waals surface area contributed by atoms with E-state index in [4.69, 9.17) is 20.8 Å². The number of benzene rings is 1. The predicted octanol–water partition coefficient (Wildman–Crippen LogP) is 4.84. The van der Waals surface area contributed by atoms with Crippen molar-refractivity contribution in [1.29, 1.82) is 0 Å². The molecule has 0 unspecified atom stereocenters. The molecule has 0 bridgehead atoms.